The van der Waals surface area contributed by atoms with Crippen molar-refractivity contribution >= 4 is 23.3 Å². The predicted octanol–water partition coefficient (Wildman–Crippen LogP) is 3.40. The summed E-state index contributed by atoms with van der Waals surface area (Å²) in [6.45, 7) is 0. The van der Waals surface area contributed by atoms with E-state index in [1.807, 2.05) is 0 Å². The Hall–Kier alpha value is -2.15. The minimum atomic E-state index is -4.43. The van der Waals surface area contributed by atoms with Crippen molar-refractivity contribution < 1.29 is 18.0 Å². The van der Waals surface area contributed by atoms with Gasteiger partial charge in [0.15, 0.2) is 11.0 Å². The number of carbonyl (C=O) groups is 1. The van der Waals surface area contributed by atoms with E-state index < -0.39 is 17.6 Å². The van der Waals surface area contributed by atoms with Crippen LogP contribution in [0.25, 0.3) is 0 Å². The van der Waals surface area contributed by atoms with Crippen molar-refractivity contribution in [2.24, 2.45) is 0 Å². The summed E-state index contributed by atoms with van der Waals surface area (Å²) in [6.07, 6.45) is -4.43. The van der Waals surface area contributed by atoms with Gasteiger partial charge in [-0.15, -0.1) is 10.2 Å². The zero-order chi connectivity index (χ0) is 14.8. The highest BCUT2D eigenvalue weighted by Gasteiger charge is 2.30. The van der Waals surface area contributed by atoms with Gasteiger partial charge in [-0.1, -0.05) is 11.6 Å². The van der Waals surface area contributed by atoms with Gasteiger partial charge >= 0.3 is 6.18 Å². The number of aromatic nitrogens is 2. The molecule has 20 heavy (non-hydrogen) atoms. The molecule has 0 atom stereocenters. The minimum absolute atomic E-state index is 0.0785. The van der Waals surface area contributed by atoms with Crippen molar-refractivity contribution in [3.8, 4) is 0 Å². The van der Waals surface area contributed by atoms with Gasteiger partial charge in [-0.25, -0.2) is 0 Å². The van der Waals surface area contributed by atoms with Crippen molar-refractivity contribution in [1.82, 2.24) is 10.2 Å². The first-order chi connectivity index (χ1) is 9.36. The Bertz CT molecular complexity index is 611. The van der Waals surface area contributed by atoms with Gasteiger partial charge in [0.25, 0.3) is 5.91 Å². The van der Waals surface area contributed by atoms with Crippen molar-refractivity contribution in [2.75, 3.05) is 5.32 Å². The van der Waals surface area contributed by atoms with Crippen molar-refractivity contribution in [2.45, 2.75) is 6.18 Å². The molecule has 0 radical (unpaired) electrons. The number of anilines is 1. The molecule has 0 unspecified atom stereocenters. The molecule has 2 aromatic rings. The van der Waals surface area contributed by atoms with Crippen molar-refractivity contribution in [3.05, 3.63) is 52.7 Å². The lowest BCUT2D eigenvalue weighted by Crippen LogP contribution is -2.14. The number of hydrogen-bond donors (Lipinski definition) is 1. The molecule has 0 aliphatic rings. The molecule has 0 spiro atoms. The van der Waals surface area contributed by atoms with Gasteiger partial charge in [0.05, 0.1) is 5.56 Å². The highest BCUT2D eigenvalue weighted by atomic mass is 35.5. The maximum Gasteiger partial charge on any atom is 0.416 e. The van der Waals surface area contributed by atoms with E-state index in [4.69, 9.17) is 11.6 Å². The minimum Gasteiger partial charge on any atom is -0.305 e. The number of rotatable bonds is 2. The van der Waals surface area contributed by atoms with Crippen LogP contribution in [0.2, 0.25) is 5.15 Å². The summed E-state index contributed by atoms with van der Waals surface area (Å²) in [4.78, 5) is 11.8. The molecule has 1 heterocycles. The summed E-state index contributed by atoms with van der Waals surface area (Å²) in [5.41, 5.74) is -0.741. The Balaban J connectivity index is 2.11. The van der Waals surface area contributed by atoms with Crippen LogP contribution in [0.5, 0.6) is 0 Å². The Morgan fingerprint density at radius 1 is 1.05 bits per heavy atom. The molecule has 0 aliphatic heterocycles. The average molecular weight is 302 g/mol. The van der Waals surface area contributed by atoms with E-state index in [0.29, 0.717) is 0 Å². The molecular formula is C12H7ClF3N3O. The molecule has 0 saturated carbocycles. The lowest BCUT2D eigenvalue weighted by molar-refractivity contribution is -0.137. The first-order valence-electron chi connectivity index (χ1n) is 5.34. The Labute approximate surface area is 116 Å². The SMILES string of the molecule is O=C(Nc1ccc(Cl)nn1)c1ccc(C(F)(F)F)cc1. The molecule has 0 fully saturated rings. The summed E-state index contributed by atoms with van der Waals surface area (Å²) in [5.74, 6) is -0.436. The van der Waals surface area contributed by atoms with Crippen molar-refractivity contribution in [3.63, 3.8) is 0 Å². The maximum absolute atomic E-state index is 12.4. The standard InChI is InChI=1S/C12H7ClF3N3O/c13-9-5-6-10(19-18-9)17-11(20)7-1-3-8(4-2-7)12(14,15)16/h1-6H,(H,17,19,20). The van der Waals surface area contributed by atoms with Crippen LogP contribution in [-0.2, 0) is 6.18 Å². The predicted molar refractivity (Wildman–Crippen MR) is 66.4 cm³/mol. The van der Waals surface area contributed by atoms with Gasteiger partial charge in [-0.3, -0.25) is 4.79 Å². The lowest BCUT2D eigenvalue weighted by Gasteiger charge is -2.07. The third-order valence-corrected chi connectivity index (χ3v) is 2.55. The third-order valence-electron chi connectivity index (χ3n) is 2.35. The number of halogens is 4. The molecule has 2 rings (SSSR count). The fourth-order valence-electron chi connectivity index (χ4n) is 1.38. The number of nitrogens with zero attached hydrogens (tertiary/aromatic N) is 2. The number of carbonyl (C=O) groups excluding carboxylic acids is 1. The fourth-order valence-corrected chi connectivity index (χ4v) is 1.48. The van der Waals surface area contributed by atoms with Gasteiger partial charge in [0.1, 0.15) is 0 Å². The smallest absolute Gasteiger partial charge is 0.305 e. The summed E-state index contributed by atoms with van der Waals surface area (Å²) in [7, 11) is 0. The lowest BCUT2D eigenvalue weighted by atomic mass is 10.1. The molecule has 0 saturated heterocycles. The van der Waals surface area contributed by atoms with Crippen LogP contribution in [0.4, 0.5) is 19.0 Å². The second kappa shape index (κ2) is 5.46. The van der Waals surface area contributed by atoms with E-state index in [2.05, 4.69) is 15.5 Å². The number of hydrogen-bond acceptors (Lipinski definition) is 3. The van der Waals surface area contributed by atoms with E-state index in [1.54, 1.807) is 0 Å². The highest BCUT2D eigenvalue weighted by molar-refractivity contribution is 6.29. The van der Waals surface area contributed by atoms with Crippen LogP contribution >= 0.6 is 11.6 Å². The molecule has 4 nitrogen and oxygen atoms in total. The molecule has 8 heteroatoms. The number of alkyl halides is 3. The molecule has 0 aliphatic carbocycles. The zero-order valence-electron chi connectivity index (χ0n) is 9.78. The summed E-state index contributed by atoms with van der Waals surface area (Å²) < 4.78 is 37.1. The largest absolute Gasteiger partial charge is 0.416 e. The Kier molecular flexibility index (Phi) is 3.89. The van der Waals surface area contributed by atoms with Gasteiger partial charge < -0.3 is 5.32 Å². The van der Waals surface area contributed by atoms with Gasteiger partial charge in [-0.2, -0.15) is 13.2 Å². The number of benzene rings is 1. The molecule has 1 amide bonds. The molecule has 1 aromatic carbocycles. The molecule has 1 N–H and O–H groups in total. The third kappa shape index (κ3) is 3.45. The van der Waals surface area contributed by atoms with Gasteiger partial charge in [0.2, 0.25) is 0 Å². The Morgan fingerprint density at radius 2 is 1.70 bits per heavy atom. The summed E-state index contributed by atoms with van der Waals surface area (Å²) >= 11 is 5.53. The molecule has 1 aromatic heterocycles. The normalized spacial score (nSPS) is 11.2. The van der Waals surface area contributed by atoms with Crippen LogP contribution in [0.15, 0.2) is 36.4 Å². The average Bonchev–Trinajstić information content (AvgIpc) is 2.40. The Morgan fingerprint density at radius 3 is 2.20 bits per heavy atom. The first-order valence-corrected chi connectivity index (χ1v) is 5.72. The molecule has 104 valence electrons. The van der Waals surface area contributed by atoms with Crippen LogP contribution in [0.1, 0.15) is 15.9 Å². The van der Waals surface area contributed by atoms with E-state index in [0.717, 1.165) is 24.3 Å². The first kappa shape index (κ1) is 14.3. The fraction of sp³-hybridized carbons (Fsp3) is 0.0833. The van der Waals surface area contributed by atoms with Crippen LogP contribution in [0, 0.1) is 0 Å². The van der Waals surface area contributed by atoms with Crippen LogP contribution in [-0.4, -0.2) is 16.1 Å². The second-order valence-electron chi connectivity index (χ2n) is 3.77. The maximum atomic E-state index is 12.4. The van der Waals surface area contributed by atoms with E-state index in [1.165, 1.54) is 12.1 Å². The van der Waals surface area contributed by atoms with E-state index in [-0.39, 0.29) is 16.5 Å². The topological polar surface area (TPSA) is 54.9 Å². The van der Waals surface area contributed by atoms with Crippen LogP contribution in [0.3, 0.4) is 0 Å². The van der Waals surface area contributed by atoms with E-state index >= 15 is 0 Å². The number of amides is 1. The number of nitrogens with one attached hydrogen (secondary N) is 1. The van der Waals surface area contributed by atoms with Crippen molar-refractivity contribution in [1.29, 1.82) is 0 Å². The van der Waals surface area contributed by atoms with Gasteiger partial charge in [0, 0.05) is 5.56 Å². The van der Waals surface area contributed by atoms with Crippen LogP contribution < -0.4 is 5.32 Å². The quantitative estimate of drug-likeness (QED) is 0.925. The molecular weight excluding hydrogens is 295 g/mol. The highest BCUT2D eigenvalue weighted by Crippen LogP contribution is 2.29. The molecule has 0 bridgehead atoms. The monoisotopic (exact) mass is 301 g/mol. The summed E-state index contributed by atoms with van der Waals surface area (Å²) in [6, 6.07) is 6.70. The van der Waals surface area contributed by atoms with E-state index in [9.17, 15) is 18.0 Å². The second-order valence-corrected chi connectivity index (χ2v) is 4.16. The van der Waals surface area contributed by atoms with Gasteiger partial charge in [-0.05, 0) is 36.4 Å². The zero-order valence-corrected chi connectivity index (χ0v) is 10.5. The summed E-state index contributed by atoms with van der Waals surface area (Å²) in [5, 5.41) is 9.69.